The molecule has 0 spiro atoms. The number of carbonyl (C=O) groups excluding carboxylic acids is 3. The Morgan fingerprint density at radius 3 is 2.05 bits per heavy atom. The molecule has 3 rings (SSSR count). The molecule has 0 aromatic rings. The van der Waals surface area contributed by atoms with Gasteiger partial charge in [-0.1, -0.05) is 25.0 Å². The first-order valence-corrected chi connectivity index (χ1v) is 8.46. The van der Waals surface area contributed by atoms with Crippen LogP contribution in [0, 0.1) is 11.8 Å². The van der Waals surface area contributed by atoms with Crippen LogP contribution in [0.3, 0.4) is 0 Å². The van der Waals surface area contributed by atoms with E-state index in [-0.39, 0.29) is 42.5 Å². The molecule has 2 heterocycles. The largest absolute Gasteiger partial charge is 0.343 e. The van der Waals surface area contributed by atoms with Gasteiger partial charge in [-0.3, -0.25) is 19.3 Å². The molecule has 0 unspecified atom stereocenters. The molecule has 3 amide bonds. The lowest BCUT2D eigenvalue weighted by Gasteiger charge is -2.22. The van der Waals surface area contributed by atoms with Gasteiger partial charge in [0.1, 0.15) is 0 Å². The molecule has 0 aromatic carbocycles. The van der Waals surface area contributed by atoms with Crippen molar-refractivity contribution < 1.29 is 14.4 Å². The highest BCUT2D eigenvalue weighted by Gasteiger charge is 2.46. The summed E-state index contributed by atoms with van der Waals surface area (Å²) in [4.78, 5) is 40.2. The minimum atomic E-state index is -0.189. The molecule has 2 saturated heterocycles. The molecule has 0 aromatic heterocycles. The minimum Gasteiger partial charge on any atom is -0.343 e. The summed E-state index contributed by atoms with van der Waals surface area (Å²) in [5.74, 6) is -0.460. The van der Waals surface area contributed by atoms with Crippen molar-refractivity contribution in [1.29, 1.82) is 0 Å². The number of fused-ring (bicyclic) bond motifs is 1. The molecule has 0 bridgehead atoms. The maximum absolute atomic E-state index is 12.3. The van der Waals surface area contributed by atoms with E-state index in [2.05, 4.69) is 0 Å². The summed E-state index contributed by atoms with van der Waals surface area (Å²) in [7, 11) is 0. The lowest BCUT2D eigenvalue weighted by molar-refractivity contribution is -0.140. The van der Waals surface area contributed by atoms with Gasteiger partial charge in [0.25, 0.3) is 0 Å². The van der Waals surface area contributed by atoms with Crippen LogP contribution in [0.4, 0.5) is 0 Å². The zero-order valence-electron chi connectivity index (χ0n) is 13.0. The van der Waals surface area contributed by atoms with E-state index in [1.165, 1.54) is 17.7 Å². The molecule has 3 aliphatic rings. The number of likely N-dealkylation sites (tertiary alicyclic amines) is 2. The van der Waals surface area contributed by atoms with Crippen LogP contribution < -0.4 is 0 Å². The number of amides is 3. The second-order valence-corrected chi connectivity index (χ2v) is 6.53. The average Bonchev–Trinajstić information content (AvgIpc) is 2.75. The molecule has 120 valence electrons. The fourth-order valence-corrected chi connectivity index (χ4v) is 3.78. The summed E-state index contributed by atoms with van der Waals surface area (Å²) in [5, 5.41) is 0. The number of hydrogen-bond acceptors (Lipinski definition) is 3. The van der Waals surface area contributed by atoms with E-state index >= 15 is 0 Å². The molecule has 5 heteroatoms. The van der Waals surface area contributed by atoms with Crippen molar-refractivity contribution in [2.24, 2.45) is 11.8 Å². The van der Waals surface area contributed by atoms with Gasteiger partial charge >= 0.3 is 0 Å². The van der Waals surface area contributed by atoms with E-state index in [4.69, 9.17) is 0 Å². The lowest BCUT2D eigenvalue weighted by Crippen LogP contribution is -2.37. The standard InChI is InChI=1S/C17H24N2O3/c20-15(18-10-5-1-2-6-11-18)9-12-19-16(21)13-7-3-4-8-14(13)17(19)22/h3-4,13-14H,1-2,5-12H2/t13-,14+. The van der Waals surface area contributed by atoms with E-state index in [1.807, 2.05) is 17.1 Å². The fourth-order valence-electron chi connectivity index (χ4n) is 3.78. The second-order valence-electron chi connectivity index (χ2n) is 6.53. The highest BCUT2D eigenvalue weighted by atomic mass is 16.2. The monoisotopic (exact) mass is 304 g/mol. The zero-order chi connectivity index (χ0) is 15.5. The van der Waals surface area contributed by atoms with Crippen LogP contribution in [0.25, 0.3) is 0 Å². The maximum atomic E-state index is 12.3. The van der Waals surface area contributed by atoms with Crippen LogP contribution in [0.1, 0.15) is 44.9 Å². The first kappa shape index (κ1) is 15.3. The summed E-state index contributed by atoms with van der Waals surface area (Å²) in [6, 6.07) is 0. The van der Waals surface area contributed by atoms with Crippen molar-refractivity contribution >= 4 is 17.7 Å². The number of carbonyl (C=O) groups is 3. The van der Waals surface area contributed by atoms with Crippen molar-refractivity contribution in [1.82, 2.24) is 9.80 Å². The van der Waals surface area contributed by atoms with E-state index in [1.54, 1.807) is 0 Å². The lowest BCUT2D eigenvalue weighted by atomic mass is 9.85. The Labute approximate surface area is 131 Å². The van der Waals surface area contributed by atoms with E-state index in [0.717, 1.165) is 25.9 Å². The van der Waals surface area contributed by atoms with Crippen LogP contribution in [-0.2, 0) is 14.4 Å². The van der Waals surface area contributed by atoms with E-state index in [9.17, 15) is 14.4 Å². The fraction of sp³-hybridized carbons (Fsp3) is 0.706. The van der Waals surface area contributed by atoms with Crippen molar-refractivity contribution in [2.45, 2.75) is 44.9 Å². The molecular weight excluding hydrogens is 280 g/mol. The Morgan fingerprint density at radius 2 is 1.50 bits per heavy atom. The van der Waals surface area contributed by atoms with Crippen LogP contribution >= 0.6 is 0 Å². The molecule has 0 N–H and O–H groups in total. The Balaban J connectivity index is 1.56. The first-order valence-electron chi connectivity index (χ1n) is 8.46. The highest BCUT2D eigenvalue weighted by Crippen LogP contribution is 2.35. The first-order chi connectivity index (χ1) is 10.7. The van der Waals surface area contributed by atoms with Crippen LogP contribution in [0.5, 0.6) is 0 Å². The SMILES string of the molecule is O=C(CCN1C(=O)[C@H]2CC=CC[C@H]2C1=O)N1CCCCCC1. The smallest absolute Gasteiger partial charge is 0.233 e. The summed E-state index contributed by atoms with van der Waals surface area (Å²) in [6.07, 6.45) is 10.0. The van der Waals surface area contributed by atoms with Crippen molar-refractivity contribution in [2.75, 3.05) is 19.6 Å². The molecule has 1 aliphatic carbocycles. The van der Waals surface area contributed by atoms with Gasteiger partial charge in [-0.2, -0.15) is 0 Å². The Hall–Kier alpha value is -1.65. The Bertz CT molecular complexity index is 466. The normalized spacial score (nSPS) is 28.7. The highest BCUT2D eigenvalue weighted by molar-refractivity contribution is 6.05. The number of nitrogens with zero attached hydrogens (tertiary/aromatic N) is 2. The van der Waals surface area contributed by atoms with Gasteiger partial charge in [-0.05, 0) is 25.7 Å². The number of rotatable bonds is 3. The minimum absolute atomic E-state index is 0.0792. The molecule has 0 saturated carbocycles. The van der Waals surface area contributed by atoms with Crippen molar-refractivity contribution in [3.8, 4) is 0 Å². The molecule has 2 atom stereocenters. The number of imide groups is 1. The summed E-state index contributed by atoms with van der Waals surface area (Å²) >= 11 is 0. The third-order valence-corrected chi connectivity index (χ3v) is 5.11. The zero-order valence-corrected chi connectivity index (χ0v) is 13.0. The van der Waals surface area contributed by atoms with Crippen LogP contribution in [0.15, 0.2) is 12.2 Å². The van der Waals surface area contributed by atoms with Gasteiger partial charge < -0.3 is 4.90 Å². The third kappa shape index (κ3) is 2.94. The van der Waals surface area contributed by atoms with E-state index in [0.29, 0.717) is 12.8 Å². The van der Waals surface area contributed by atoms with Gasteiger partial charge in [0, 0.05) is 26.1 Å². The number of allylic oxidation sites excluding steroid dienone is 2. The van der Waals surface area contributed by atoms with Gasteiger partial charge in [0.2, 0.25) is 17.7 Å². The Morgan fingerprint density at radius 1 is 0.955 bits per heavy atom. The summed E-state index contributed by atoms with van der Waals surface area (Å²) in [5.41, 5.74) is 0. The molecular formula is C17H24N2O3. The van der Waals surface area contributed by atoms with Gasteiger partial charge in [0.15, 0.2) is 0 Å². The number of hydrogen-bond donors (Lipinski definition) is 0. The topological polar surface area (TPSA) is 57.7 Å². The van der Waals surface area contributed by atoms with Crippen molar-refractivity contribution in [3.05, 3.63) is 12.2 Å². The average molecular weight is 304 g/mol. The summed E-state index contributed by atoms with van der Waals surface area (Å²) in [6.45, 7) is 1.88. The third-order valence-electron chi connectivity index (χ3n) is 5.11. The van der Waals surface area contributed by atoms with Crippen molar-refractivity contribution in [3.63, 3.8) is 0 Å². The molecule has 0 radical (unpaired) electrons. The van der Waals surface area contributed by atoms with E-state index < -0.39 is 0 Å². The predicted molar refractivity (Wildman–Crippen MR) is 81.7 cm³/mol. The van der Waals surface area contributed by atoms with Gasteiger partial charge in [0.05, 0.1) is 11.8 Å². The van der Waals surface area contributed by atoms with Gasteiger partial charge in [-0.15, -0.1) is 0 Å². The second kappa shape index (κ2) is 6.63. The molecule has 5 nitrogen and oxygen atoms in total. The molecule has 22 heavy (non-hydrogen) atoms. The Kier molecular flexibility index (Phi) is 4.60. The molecule has 2 fully saturated rings. The molecule has 2 aliphatic heterocycles. The van der Waals surface area contributed by atoms with Gasteiger partial charge in [-0.25, -0.2) is 0 Å². The van der Waals surface area contributed by atoms with Crippen LogP contribution in [0.2, 0.25) is 0 Å². The maximum Gasteiger partial charge on any atom is 0.233 e. The van der Waals surface area contributed by atoms with Crippen LogP contribution in [-0.4, -0.2) is 47.2 Å². The summed E-state index contributed by atoms with van der Waals surface area (Å²) < 4.78 is 0. The predicted octanol–water partition coefficient (Wildman–Crippen LogP) is 1.73. The quantitative estimate of drug-likeness (QED) is 0.589.